The Morgan fingerprint density at radius 1 is 1.29 bits per heavy atom. The third-order valence-electron chi connectivity index (χ3n) is 3.25. The summed E-state index contributed by atoms with van der Waals surface area (Å²) in [6.07, 6.45) is 3.29. The lowest BCUT2D eigenvalue weighted by atomic mass is 10.3. The first-order valence-corrected chi connectivity index (χ1v) is 8.11. The number of hydrogen-bond donors (Lipinski definition) is 3. The molecule has 0 saturated heterocycles. The van der Waals surface area contributed by atoms with Crippen LogP contribution in [0.5, 0.6) is 0 Å². The average molecular weight is 308 g/mol. The van der Waals surface area contributed by atoms with Gasteiger partial charge in [-0.25, -0.2) is 10.8 Å². The Morgan fingerprint density at radius 3 is 2.76 bits per heavy atom. The van der Waals surface area contributed by atoms with Gasteiger partial charge in [-0.15, -0.1) is 11.3 Å². The lowest BCUT2D eigenvalue weighted by Gasteiger charge is -2.10. The van der Waals surface area contributed by atoms with E-state index in [0.29, 0.717) is 5.95 Å². The maximum atomic E-state index is 5.46. The summed E-state index contributed by atoms with van der Waals surface area (Å²) in [6.45, 7) is 4.16. The van der Waals surface area contributed by atoms with Gasteiger partial charge in [-0.05, 0) is 46.0 Å². The van der Waals surface area contributed by atoms with E-state index in [9.17, 15) is 0 Å². The molecule has 0 atom stereocenters. The van der Waals surface area contributed by atoms with E-state index in [-0.39, 0.29) is 0 Å². The zero-order valence-corrected chi connectivity index (χ0v) is 13.8. The highest BCUT2D eigenvalue weighted by Crippen LogP contribution is 2.30. The van der Waals surface area contributed by atoms with E-state index >= 15 is 0 Å². The molecule has 0 unspecified atom stereocenters. The highest BCUT2D eigenvalue weighted by atomic mass is 32.1. The van der Waals surface area contributed by atoms with Crippen molar-refractivity contribution in [2.75, 3.05) is 37.9 Å². The number of hydrogen-bond acceptors (Lipinski definition) is 7. The van der Waals surface area contributed by atoms with Crippen LogP contribution in [-0.2, 0) is 6.42 Å². The fraction of sp³-hybridized carbons (Fsp3) is 0.571. The van der Waals surface area contributed by atoms with E-state index in [1.165, 1.54) is 11.3 Å². The average Bonchev–Trinajstić information content (AvgIpc) is 2.89. The number of thiophene rings is 1. The first-order chi connectivity index (χ1) is 10.1. The molecular weight excluding hydrogens is 284 g/mol. The van der Waals surface area contributed by atoms with E-state index in [1.54, 1.807) is 11.3 Å². The van der Waals surface area contributed by atoms with Crippen molar-refractivity contribution in [2.45, 2.75) is 26.2 Å². The van der Waals surface area contributed by atoms with Crippen molar-refractivity contribution in [1.82, 2.24) is 14.9 Å². The topological polar surface area (TPSA) is 79.1 Å². The monoisotopic (exact) mass is 308 g/mol. The van der Waals surface area contributed by atoms with Crippen LogP contribution in [0, 0.1) is 0 Å². The van der Waals surface area contributed by atoms with E-state index in [1.807, 2.05) is 0 Å². The van der Waals surface area contributed by atoms with Crippen LogP contribution in [0.3, 0.4) is 0 Å². The van der Waals surface area contributed by atoms with Gasteiger partial charge in [0.15, 0.2) is 0 Å². The Labute approximate surface area is 129 Å². The van der Waals surface area contributed by atoms with Crippen molar-refractivity contribution in [1.29, 1.82) is 0 Å². The molecule has 0 spiro atoms. The molecule has 116 valence electrons. The lowest BCUT2D eigenvalue weighted by Crippen LogP contribution is -2.15. The first kappa shape index (κ1) is 15.9. The standard InChI is InChI=1S/C14H24N6S/c1-4-10-9-11-12(16-7-5-6-8-20(2)3)17-14(19-15)18-13(11)21-10/h9H,4-8,15H2,1-3H3,(H2,16,17,18,19). The van der Waals surface area contributed by atoms with Crippen LogP contribution < -0.4 is 16.6 Å². The molecule has 4 N–H and O–H groups in total. The molecule has 2 heterocycles. The van der Waals surface area contributed by atoms with Gasteiger partial charge in [0.1, 0.15) is 10.6 Å². The van der Waals surface area contributed by atoms with Gasteiger partial charge in [0.25, 0.3) is 0 Å². The summed E-state index contributed by atoms with van der Waals surface area (Å²) in [7, 11) is 4.19. The fourth-order valence-electron chi connectivity index (χ4n) is 2.10. The molecule has 6 nitrogen and oxygen atoms in total. The number of aryl methyl sites for hydroxylation is 1. The molecule has 2 aromatic rings. The molecule has 0 aliphatic heterocycles. The molecule has 21 heavy (non-hydrogen) atoms. The molecule has 7 heteroatoms. The normalized spacial score (nSPS) is 11.3. The summed E-state index contributed by atoms with van der Waals surface area (Å²) in [5.41, 5.74) is 2.54. The number of nitrogens with zero attached hydrogens (tertiary/aromatic N) is 3. The number of rotatable bonds is 8. The van der Waals surface area contributed by atoms with Crippen molar-refractivity contribution in [3.8, 4) is 0 Å². The number of fused-ring (bicyclic) bond motifs is 1. The summed E-state index contributed by atoms with van der Waals surface area (Å²) < 4.78 is 0. The zero-order valence-electron chi connectivity index (χ0n) is 12.9. The molecule has 2 aromatic heterocycles. The highest BCUT2D eigenvalue weighted by Gasteiger charge is 2.10. The minimum Gasteiger partial charge on any atom is -0.369 e. The second-order valence-corrected chi connectivity index (χ2v) is 6.38. The minimum absolute atomic E-state index is 0.461. The Hall–Kier alpha value is -1.44. The molecule has 0 fully saturated rings. The van der Waals surface area contributed by atoms with Crippen LogP contribution in [0.15, 0.2) is 6.07 Å². The van der Waals surface area contributed by atoms with Gasteiger partial charge in [-0.3, -0.25) is 5.43 Å². The van der Waals surface area contributed by atoms with Gasteiger partial charge < -0.3 is 10.2 Å². The smallest absolute Gasteiger partial charge is 0.240 e. The maximum absolute atomic E-state index is 5.46. The van der Waals surface area contributed by atoms with E-state index in [2.05, 4.69) is 52.7 Å². The molecule has 0 amide bonds. The van der Waals surface area contributed by atoms with Crippen molar-refractivity contribution < 1.29 is 0 Å². The number of nitrogens with two attached hydrogens (primary N) is 1. The van der Waals surface area contributed by atoms with E-state index in [4.69, 9.17) is 5.84 Å². The number of nitrogen functional groups attached to an aromatic ring is 1. The Bertz CT molecular complexity index is 580. The van der Waals surface area contributed by atoms with Crippen LogP contribution in [0.1, 0.15) is 24.6 Å². The van der Waals surface area contributed by atoms with Crippen molar-refractivity contribution in [3.05, 3.63) is 10.9 Å². The third kappa shape index (κ3) is 4.26. The van der Waals surface area contributed by atoms with Gasteiger partial charge in [0, 0.05) is 11.4 Å². The minimum atomic E-state index is 0.461. The molecular formula is C14H24N6S. The van der Waals surface area contributed by atoms with Crippen LogP contribution in [0.4, 0.5) is 11.8 Å². The maximum Gasteiger partial charge on any atom is 0.240 e. The van der Waals surface area contributed by atoms with Gasteiger partial charge in [0.05, 0.1) is 5.39 Å². The Balaban J connectivity index is 2.08. The van der Waals surface area contributed by atoms with E-state index < -0.39 is 0 Å². The van der Waals surface area contributed by atoms with Gasteiger partial charge in [-0.1, -0.05) is 6.92 Å². The second-order valence-electron chi connectivity index (χ2n) is 5.26. The fourth-order valence-corrected chi connectivity index (χ4v) is 3.07. The van der Waals surface area contributed by atoms with Crippen molar-refractivity contribution in [3.63, 3.8) is 0 Å². The largest absolute Gasteiger partial charge is 0.369 e. The molecule has 0 bridgehead atoms. The lowest BCUT2D eigenvalue weighted by molar-refractivity contribution is 0.396. The summed E-state index contributed by atoms with van der Waals surface area (Å²) >= 11 is 1.70. The molecule has 0 aliphatic carbocycles. The summed E-state index contributed by atoms with van der Waals surface area (Å²) in [4.78, 5) is 13.3. The Kier molecular flexibility index (Phi) is 5.72. The number of anilines is 2. The third-order valence-corrected chi connectivity index (χ3v) is 4.42. The van der Waals surface area contributed by atoms with Crippen LogP contribution >= 0.6 is 11.3 Å². The first-order valence-electron chi connectivity index (χ1n) is 7.29. The zero-order chi connectivity index (χ0) is 15.2. The Morgan fingerprint density at radius 2 is 2.10 bits per heavy atom. The SMILES string of the molecule is CCc1cc2c(NCCCCN(C)C)nc(NN)nc2s1. The second kappa shape index (κ2) is 7.53. The van der Waals surface area contributed by atoms with E-state index in [0.717, 1.165) is 42.0 Å². The molecule has 0 radical (unpaired) electrons. The predicted molar refractivity (Wildman–Crippen MR) is 90.9 cm³/mol. The molecule has 0 aliphatic rings. The number of aromatic nitrogens is 2. The van der Waals surface area contributed by atoms with Crippen LogP contribution in [-0.4, -0.2) is 42.1 Å². The molecule has 0 saturated carbocycles. The van der Waals surface area contributed by atoms with Crippen LogP contribution in [0.2, 0.25) is 0 Å². The summed E-state index contributed by atoms with van der Waals surface area (Å²) in [6, 6.07) is 2.17. The van der Waals surface area contributed by atoms with Gasteiger partial charge in [0.2, 0.25) is 5.95 Å². The van der Waals surface area contributed by atoms with Crippen molar-refractivity contribution in [2.24, 2.45) is 5.84 Å². The molecule has 2 rings (SSSR count). The van der Waals surface area contributed by atoms with Crippen LogP contribution in [0.25, 0.3) is 10.2 Å². The number of hydrazine groups is 1. The number of nitrogens with one attached hydrogen (secondary N) is 2. The van der Waals surface area contributed by atoms with Gasteiger partial charge >= 0.3 is 0 Å². The van der Waals surface area contributed by atoms with Crippen molar-refractivity contribution >= 4 is 33.3 Å². The quantitative estimate of drug-likeness (QED) is 0.394. The summed E-state index contributed by atoms with van der Waals surface area (Å²) in [5, 5.41) is 4.50. The predicted octanol–water partition coefficient (Wildman–Crippen LogP) is 2.29. The molecule has 0 aromatic carbocycles. The van der Waals surface area contributed by atoms with Gasteiger partial charge in [-0.2, -0.15) is 4.98 Å². The highest BCUT2D eigenvalue weighted by molar-refractivity contribution is 7.18. The summed E-state index contributed by atoms with van der Waals surface area (Å²) in [5.74, 6) is 6.79. The number of unbranched alkanes of at least 4 members (excludes halogenated alkanes) is 1.